The van der Waals surface area contributed by atoms with E-state index in [0.717, 1.165) is 57.3 Å². The largest absolute Gasteiger partial charge is 0.495 e. The van der Waals surface area contributed by atoms with Crippen molar-refractivity contribution in [2.75, 3.05) is 57.1 Å². The molecule has 29 heavy (non-hydrogen) atoms. The summed E-state index contributed by atoms with van der Waals surface area (Å²) in [6.45, 7) is 6.32. The first-order chi connectivity index (χ1) is 14.3. The average molecular weight is 413 g/mol. The highest BCUT2D eigenvalue weighted by Gasteiger charge is 2.19. The third kappa shape index (κ3) is 5.20. The first-order valence-corrected chi connectivity index (χ1v) is 11.8. The van der Waals surface area contributed by atoms with E-state index in [0.29, 0.717) is 0 Å². The molecule has 0 amide bonds. The summed E-state index contributed by atoms with van der Waals surface area (Å²) in [5.74, 6) is 3.28. The number of hydrogen-bond acceptors (Lipinski definition) is 5. The maximum Gasteiger partial charge on any atom is 0.142 e. The van der Waals surface area contributed by atoms with E-state index in [1.54, 1.807) is 7.11 Å². The monoisotopic (exact) mass is 412 g/mol. The van der Waals surface area contributed by atoms with Crippen LogP contribution in [0.2, 0.25) is 0 Å². The lowest BCUT2D eigenvalue weighted by molar-refractivity contribution is 0.237. The number of para-hydroxylation sites is 2. The molecule has 0 unspecified atom stereocenters. The van der Waals surface area contributed by atoms with Gasteiger partial charge in [0.15, 0.2) is 0 Å². The van der Waals surface area contributed by atoms with Crippen molar-refractivity contribution in [1.82, 2.24) is 4.90 Å². The summed E-state index contributed by atoms with van der Waals surface area (Å²) < 4.78 is 11.7. The number of unbranched alkanes of at least 4 members (excludes halogenated alkanes) is 1. The highest BCUT2D eigenvalue weighted by molar-refractivity contribution is 7.99. The molecule has 0 bridgehead atoms. The van der Waals surface area contributed by atoms with Gasteiger partial charge in [0.05, 0.1) is 24.3 Å². The highest BCUT2D eigenvalue weighted by atomic mass is 32.2. The Morgan fingerprint density at radius 2 is 1.76 bits per heavy atom. The first-order valence-electron chi connectivity index (χ1n) is 10.8. The molecule has 1 fully saturated rings. The predicted molar refractivity (Wildman–Crippen MR) is 122 cm³/mol. The molecule has 2 aromatic carbocycles. The molecule has 0 aromatic heterocycles. The second kappa shape index (κ2) is 10.3. The van der Waals surface area contributed by atoms with Gasteiger partial charge in [0.25, 0.3) is 0 Å². The maximum absolute atomic E-state index is 6.13. The normalized spacial score (nSPS) is 17.1. The van der Waals surface area contributed by atoms with Crippen LogP contribution >= 0.6 is 11.8 Å². The highest BCUT2D eigenvalue weighted by Crippen LogP contribution is 2.37. The van der Waals surface area contributed by atoms with Crippen LogP contribution in [0.25, 0.3) is 0 Å². The van der Waals surface area contributed by atoms with Crippen molar-refractivity contribution in [2.45, 2.75) is 30.6 Å². The van der Waals surface area contributed by atoms with Crippen LogP contribution in [0.4, 0.5) is 5.69 Å². The predicted octanol–water partition coefficient (Wildman–Crippen LogP) is 4.71. The molecule has 0 N–H and O–H groups in total. The molecule has 0 aliphatic carbocycles. The third-order valence-corrected chi connectivity index (χ3v) is 7.07. The van der Waals surface area contributed by atoms with Crippen molar-refractivity contribution in [2.24, 2.45) is 0 Å². The quantitative estimate of drug-likeness (QED) is 0.585. The molecule has 4 rings (SSSR count). The van der Waals surface area contributed by atoms with E-state index in [1.165, 1.54) is 41.2 Å². The van der Waals surface area contributed by atoms with Crippen molar-refractivity contribution in [3.63, 3.8) is 0 Å². The van der Waals surface area contributed by atoms with Crippen LogP contribution in [0.1, 0.15) is 24.8 Å². The lowest BCUT2D eigenvalue weighted by atomic mass is 10.1. The van der Waals surface area contributed by atoms with Crippen molar-refractivity contribution in [3.8, 4) is 11.5 Å². The van der Waals surface area contributed by atoms with Crippen molar-refractivity contribution < 1.29 is 9.47 Å². The Balaban J connectivity index is 1.16. The lowest BCUT2D eigenvalue weighted by Crippen LogP contribution is -2.46. The van der Waals surface area contributed by atoms with Crippen molar-refractivity contribution in [1.29, 1.82) is 0 Å². The average Bonchev–Trinajstić information content (AvgIpc) is 2.79. The standard InChI is InChI=1S/C24H32N2O2S/c1-27-22-11-3-2-10-21(22)26-16-14-25(15-17-26)13-4-5-18-28-23-12-6-8-20-9-7-19-29-24(20)23/h2-3,6,8,10-12H,4-5,7,9,13-19H2,1H3. The van der Waals surface area contributed by atoms with Gasteiger partial charge in [-0.05, 0) is 61.7 Å². The lowest BCUT2D eigenvalue weighted by Gasteiger charge is -2.36. The minimum atomic E-state index is 0.818. The molecule has 0 atom stereocenters. The summed E-state index contributed by atoms with van der Waals surface area (Å²) in [5, 5.41) is 0. The number of thioether (sulfide) groups is 1. The number of nitrogens with zero attached hydrogens (tertiary/aromatic N) is 2. The fourth-order valence-corrected chi connectivity index (χ4v) is 5.31. The van der Waals surface area contributed by atoms with Gasteiger partial charge in [-0.3, -0.25) is 4.90 Å². The Kier molecular flexibility index (Phi) is 7.23. The molecule has 2 aromatic rings. The van der Waals surface area contributed by atoms with Gasteiger partial charge < -0.3 is 14.4 Å². The van der Waals surface area contributed by atoms with E-state index >= 15 is 0 Å². The smallest absolute Gasteiger partial charge is 0.142 e. The zero-order valence-corrected chi connectivity index (χ0v) is 18.3. The van der Waals surface area contributed by atoms with E-state index in [4.69, 9.17) is 9.47 Å². The van der Waals surface area contributed by atoms with Crippen molar-refractivity contribution in [3.05, 3.63) is 48.0 Å². The minimum Gasteiger partial charge on any atom is -0.495 e. The number of hydrogen-bond donors (Lipinski definition) is 0. The second-order valence-corrected chi connectivity index (χ2v) is 8.86. The Morgan fingerprint density at radius 1 is 0.931 bits per heavy atom. The summed E-state index contributed by atoms with van der Waals surface area (Å²) in [5.41, 5.74) is 2.68. The SMILES string of the molecule is COc1ccccc1N1CCN(CCCCOc2cccc3c2SCCC3)CC1. The Morgan fingerprint density at radius 3 is 2.62 bits per heavy atom. The molecule has 5 heteroatoms. The topological polar surface area (TPSA) is 24.9 Å². The summed E-state index contributed by atoms with van der Waals surface area (Å²) in [6, 6.07) is 14.8. The van der Waals surface area contributed by atoms with Gasteiger partial charge in [0.2, 0.25) is 0 Å². The van der Waals surface area contributed by atoms with E-state index in [1.807, 2.05) is 23.9 Å². The van der Waals surface area contributed by atoms with E-state index in [9.17, 15) is 0 Å². The Bertz CT molecular complexity index is 790. The number of anilines is 1. The molecule has 0 radical (unpaired) electrons. The Hall–Kier alpha value is -1.85. The summed E-state index contributed by atoms with van der Waals surface area (Å²) in [4.78, 5) is 6.40. The van der Waals surface area contributed by atoms with Gasteiger partial charge in [-0.1, -0.05) is 24.3 Å². The van der Waals surface area contributed by atoms with E-state index in [-0.39, 0.29) is 0 Å². The molecular weight excluding hydrogens is 380 g/mol. The number of fused-ring (bicyclic) bond motifs is 1. The molecule has 0 spiro atoms. The van der Waals surface area contributed by atoms with Crippen LogP contribution in [0.3, 0.4) is 0 Å². The summed E-state index contributed by atoms with van der Waals surface area (Å²) in [6.07, 6.45) is 4.78. The molecule has 2 aliphatic heterocycles. The molecule has 2 heterocycles. The van der Waals surface area contributed by atoms with E-state index < -0.39 is 0 Å². The van der Waals surface area contributed by atoms with Gasteiger partial charge in [-0.15, -0.1) is 11.8 Å². The molecule has 0 saturated carbocycles. The van der Waals surface area contributed by atoms with Crippen LogP contribution in [-0.2, 0) is 6.42 Å². The van der Waals surface area contributed by atoms with Crippen LogP contribution < -0.4 is 14.4 Å². The first kappa shape index (κ1) is 20.4. The second-order valence-electron chi connectivity index (χ2n) is 7.75. The molecule has 1 saturated heterocycles. The number of rotatable bonds is 8. The minimum absolute atomic E-state index is 0.818. The number of aryl methyl sites for hydroxylation is 1. The molecular formula is C24H32N2O2S. The van der Waals surface area contributed by atoms with Gasteiger partial charge in [0.1, 0.15) is 11.5 Å². The zero-order chi connectivity index (χ0) is 19.9. The summed E-state index contributed by atoms with van der Waals surface area (Å²) in [7, 11) is 1.75. The molecule has 4 nitrogen and oxygen atoms in total. The fourth-order valence-electron chi connectivity index (χ4n) is 4.20. The van der Waals surface area contributed by atoms with Gasteiger partial charge in [-0.2, -0.15) is 0 Å². The molecule has 156 valence electrons. The third-order valence-electron chi connectivity index (χ3n) is 5.82. The fraction of sp³-hybridized carbons (Fsp3) is 0.500. The van der Waals surface area contributed by atoms with Gasteiger partial charge in [-0.25, -0.2) is 0 Å². The van der Waals surface area contributed by atoms with Crippen LogP contribution in [-0.4, -0.2) is 57.1 Å². The van der Waals surface area contributed by atoms with Gasteiger partial charge >= 0.3 is 0 Å². The number of ether oxygens (including phenoxy) is 2. The molecule has 2 aliphatic rings. The van der Waals surface area contributed by atoms with Gasteiger partial charge in [0, 0.05) is 26.2 Å². The number of methoxy groups -OCH3 is 1. The zero-order valence-electron chi connectivity index (χ0n) is 17.4. The van der Waals surface area contributed by atoms with Crippen LogP contribution in [0, 0.1) is 0 Å². The van der Waals surface area contributed by atoms with Crippen molar-refractivity contribution >= 4 is 17.4 Å². The Labute approximate surface area is 179 Å². The van der Waals surface area contributed by atoms with E-state index in [2.05, 4.69) is 40.1 Å². The number of benzene rings is 2. The number of piperazine rings is 1. The van der Waals surface area contributed by atoms with Crippen LogP contribution in [0.5, 0.6) is 11.5 Å². The van der Waals surface area contributed by atoms with Crippen LogP contribution in [0.15, 0.2) is 47.4 Å². The summed E-state index contributed by atoms with van der Waals surface area (Å²) >= 11 is 1.96. The maximum atomic E-state index is 6.13.